The monoisotopic (exact) mass is 317 g/mol. The van der Waals surface area contributed by atoms with Gasteiger partial charge in [-0.25, -0.2) is 0 Å². The van der Waals surface area contributed by atoms with Gasteiger partial charge in [0.1, 0.15) is 5.75 Å². The van der Waals surface area contributed by atoms with Crippen LogP contribution in [0, 0.1) is 6.92 Å². The van der Waals surface area contributed by atoms with Gasteiger partial charge in [-0.05, 0) is 42.3 Å². The zero-order chi connectivity index (χ0) is 16.1. The summed E-state index contributed by atoms with van der Waals surface area (Å²) >= 11 is 0. The number of carbonyl (C=O) groups excluding carboxylic acids is 1. The highest BCUT2D eigenvalue weighted by Crippen LogP contribution is 2.21. The summed E-state index contributed by atoms with van der Waals surface area (Å²) in [5.74, 6) is 0.922. The number of benzene rings is 2. The second-order valence-corrected chi connectivity index (χ2v) is 6.43. The summed E-state index contributed by atoms with van der Waals surface area (Å²) in [7, 11) is 0.648. The van der Waals surface area contributed by atoms with Crippen LogP contribution in [0.3, 0.4) is 0 Å². The molecule has 0 aromatic heterocycles. The summed E-state index contributed by atoms with van der Waals surface area (Å²) in [4.78, 5) is 12.3. The molecule has 0 unspecified atom stereocenters. The van der Waals surface area contributed by atoms with E-state index in [-0.39, 0.29) is 5.91 Å². The van der Waals surface area contributed by atoms with Crippen LogP contribution in [0.2, 0.25) is 0 Å². The average molecular weight is 317 g/mol. The Kier molecular flexibility index (Phi) is 5.33. The van der Waals surface area contributed by atoms with Crippen molar-refractivity contribution in [2.75, 3.05) is 18.7 Å². The zero-order valence-corrected chi connectivity index (χ0v) is 13.7. The predicted octanol–water partition coefficient (Wildman–Crippen LogP) is 3.13. The Morgan fingerprint density at radius 3 is 2.64 bits per heavy atom. The lowest BCUT2D eigenvalue weighted by atomic mass is 10.1. The van der Waals surface area contributed by atoms with E-state index >= 15 is 0 Å². The molecule has 0 spiro atoms. The maximum atomic E-state index is 12.3. The fourth-order valence-corrected chi connectivity index (χ4v) is 2.90. The van der Waals surface area contributed by atoms with Crippen molar-refractivity contribution in [3.63, 3.8) is 0 Å². The van der Waals surface area contributed by atoms with E-state index < -0.39 is 10.8 Å². The van der Waals surface area contributed by atoms with E-state index in [1.807, 2.05) is 25.1 Å². The third-order valence-electron chi connectivity index (χ3n) is 3.38. The van der Waals surface area contributed by atoms with E-state index in [4.69, 9.17) is 4.74 Å². The van der Waals surface area contributed by atoms with Crippen LogP contribution in [-0.4, -0.2) is 23.5 Å². The molecule has 22 heavy (non-hydrogen) atoms. The lowest BCUT2D eigenvalue weighted by Crippen LogP contribution is -2.13. The second-order valence-electron chi connectivity index (χ2n) is 4.99. The Morgan fingerprint density at radius 2 is 1.95 bits per heavy atom. The molecule has 1 amide bonds. The van der Waals surface area contributed by atoms with Crippen molar-refractivity contribution in [2.45, 2.75) is 12.7 Å². The van der Waals surface area contributed by atoms with Crippen molar-refractivity contribution in [3.8, 4) is 5.75 Å². The van der Waals surface area contributed by atoms with Crippen LogP contribution < -0.4 is 10.1 Å². The average Bonchev–Trinajstić information content (AvgIpc) is 2.51. The minimum atomic E-state index is -0.917. The predicted molar refractivity (Wildman–Crippen MR) is 89.9 cm³/mol. The fourth-order valence-electron chi connectivity index (χ4n) is 2.15. The van der Waals surface area contributed by atoms with Gasteiger partial charge in [0.25, 0.3) is 5.91 Å². The van der Waals surface area contributed by atoms with E-state index in [1.165, 1.54) is 0 Å². The fraction of sp³-hybridized carbons (Fsp3) is 0.235. The van der Waals surface area contributed by atoms with Crippen LogP contribution in [0.15, 0.2) is 42.5 Å². The molecule has 2 aromatic carbocycles. The van der Waals surface area contributed by atoms with Gasteiger partial charge in [0.15, 0.2) is 0 Å². The van der Waals surface area contributed by atoms with Gasteiger partial charge in [-0.1, -0.05) is 18.2 Å². The minimum absolute atomic E-state index is 0.197. The van der Waals surface area contributed by atoms with E-state index in [1.54, 1.807) is 37.6 Å². The number of amides is 1. The number of ether oxygens (including phenoxy) is 1. The quantitative estimate of drug-likeness (QED) is 0.922. The molecule has 116 valence electrons. The summed E-state index contributed by atoms with van der Waals surface area (Å²) < 4.78 is 16.5. The maximum Gasteiger partial charge on any atom is 0.255 e. The molecule has 4 nitrogen and oxygen atoms in total. The second kappa shape index (κ2) is 7.22. The number of methoxy groups -OCH3 is 1. The zero-order valence-electron chi connectivity index (χ0n) is 12.9. The molecule has 0 fully saturated rings. The van der Waals surface area contributed by atoms with Gasteiger partial charge in [0.05, 0.1) is 7.11 Å². The van der Waals surface area contributed by atoms with Crippen molar-refractivity contribution >= 4 is 22.4 Å². The first-order valence-corrected chi connectivity index (χ1v) is 8.58. The van der Waals surface area contributed by atoms with Crippen LogP contribution in [0.25, 0.3) is 0 Å². The topological polar surface area (TPSA) is 55.4 Å². The Hall–Kier alpha value is -2.14. The molecule has 0 radical (unpaired) electrons. The third-order valence-corrected chi connectivity index (χ3v) is 4.10. The highest BCUT2D eigenvalue weighted by Gasteiger charge is 2.11. The van der Waals surface area contributed by atoms with Crippen molar-refractivity contribution in [1.82, 2.24) is 0 Å². The number of anilines is 1. The van der Waals surface area contributed by atoms with Crippen LogP contribution in [-0.2, 0) is 16.6 Å². The number of rotatable bonds is 5. The molecule has 0 saturated carbocycles. The van der Waals surface area contributed by atoms with E-state index in [2.05, 4.69) is 5.32 Å². The molecule has 0 heterocycles. The highest BCUT2D eigenvalue weighted by atomic mass is 32.2. The first-order valence-electron chi connectivity index (χ1n) is 6.85. The van der Waals surface area contributed by atoms with E-state index in [0.717, 1.165) is 16.8 Å². The van der Waals surface area contributed by atoms with Gasteiger partial charge in [-0.15, -0.1) is 0 Å². The molecule has 2 rings (SSSR count). The van der Waals surface area contributed by atoms with E-state index in [9.17, 15) is 9.00 Å². The van der Waals surface area contributed by atoms with Gasteiger partial charge in [-0.3, -0.25) is 9.00 Å². The van der Waals surface area contributed by atoms with Crippen molar-refractivity contribution in [3.05, 3.63) is 59.2 Å². The Labute approximate surface area is 133 Å². The summed E-state index contributed by atoms with van der Waals surface area (Å²) in [5, 5.41) is 2.90. The largest absolute Gasteiger partial charge is 0.497 e. The number of nitrogens with one attached hydrogen (secondary N) is 1. The van der Waals surface area contributed by atoms with Crippen LogP contribution >= 0.6 is 0 Å². The van der Waals surface area contributed by atoms with Gasteiger partial charge >= 0.3 is 0 Å². The van der Waals surface area contributed by atoms with Gasteiger partial charge < -0.3 is 10.1 Å². The minimum Gasteiger partial charge on any atom is -0.497 e. The molecule has 2 aromatic rings. The highest BCUT2D eigenvalue weighted by molar-refractivity contribution is 7.83. The molecule has 0 saturated heterocycles. The summed E-state index contributed by atoms with van der Waals surface area (Å²) in [6, 6.07) is 12.6. The lowest BCUT2D eigenvalue weighted by molar-refractivity contribution is 0.102. The van der Waals surface area contributed by atoms with Crippen LogP contribution in [0.1, 0.15) is 21.5 Å². The molecular weight excluding hydrogens is 298 g/mol. The molecular formula is C17H19NO3S. The Morgan fingerprint density at radius 1 is 1.23 bits per heavy atom. The van der Waals surface area contributed by atoms with Gasteiger partial charge in [-0.2, -0.15) is 0 Å². The maximum absolute atomic E-state index is 12.3. The van der Waals surface area contributed by atoms with Gasteiger partial charge in [0.2, 0.25) is 0 Å². The molecule has 1 atom stereocenters. The van der Waals surface area contributed by atoms with E-state index in [0.29, 0.717) is 17.1 Å². The van der Waals surface area contributed by atoms with Crippen LogP contribution in [0.4, 0.5) is 5.69 Å². The Bertz CT molecular complexity index is 713. The smallest absolute Gasteiger partial charge is 0.255 e. The molecule has 5 heteroatoms. The molecule has 1 N–H and O–H groups in total. The first-order chi connectivity index (χ1) is 10.5. The standard InChI is InChI=1S/C17H19NO3S/c1-12-14(11-22(3)20)7-5-9-16(12)18-17(19)13-6-4-8-15(10-13)21-2/h4-10H,11H2,1-3H3,(H,18,19)/t22-/m1/s1. The lowest BCUT2D eigenvalue weighted by Gasteiger charge is -2.12. The summed E-state index contributed by atoms with van der Waals surface area (Å²) in [6.07, 6.45) is 1.67. The Balaban J connectivity index is 2.22. The SMILES string of the molecule is COc1cccc(C(=O)Nc2cccc(C[S@@](C)=O)c2C)c1. The molecule has 0 aliphatic rings. The number of hydrogen-bond acceptors (Lipinski definition) is 3. The summed E-state index contributed by atoms with van der Waals surface area (Å²) in [6.45, 7) is 1.92. The number of carbonyl (C=O) groups is 1. The summed E-state index contributed by atoms with van der Waals surface area (Å²) in [5.41, 5.74) is 3.18. The first kappa shape index (κ1) is 16.2. The molecule has 0 bridgehead atoms. The molecule has 0 aliphatic heterocycles. The van der Waals surface area contributed by atoms with Crippen molar-refractivity contribution in [2.24, 2.45) is 0 Å². The van der Waals surface area contributed by atoms with Crippen molar-refractivity contribution in [1.29, 1.82) is 0 Å². The normalized spacial score (nSPS) is 11.8. The van der Waals surface area contributed by atoms with Gasteiger partial charge in [0, 0.05) is 34.1 Å². The number of hydrogen-bond donors (Lipinski definition) is 1. The molecule has 0 aliphatic carbocycles. The van der Waals surface area contributed by atoms with Crippen molar-refractivity contribution < 1.29 is 13.7 Å². The van der Waals surface area contributed by atoms with Crippen LogP contribution in [0.5, 0.6) is 5.75 Å². The third kappa shape index (κ3) is 3.95.